The van der Waals surface area contributed by atoms with Crippen LogP contribution in [-0.2, 0) is 11.3 Å². The second kappa shape index (κ2) is 7.10. The molecule has 0 N–H and O–H groups in total. The molecular formula is C18H19BrO2. The van der Waals surface area contributed by atoms with Crippen molar-refractivity contribution in [3.63, 3.8) is 0 Å². The van der Waals surface area contributed by atoms with Gasteiger partial charge in [0.25, 0.3) is 0 Å². The number of rotatable bonds is 4. The molecule has 2 atom stereocenters. The predicted octanol–water partition coefficient (Wildman–Crippen LogP) is 4.88. The van der Waals surface area contributed by atoms with Gasteiger partial charge in [0.15, 0.2) is 0 Å². The van der Waals surface area contributed by atoms with Crippen molar-refractivity contribution in [1.82, 2.24) is 0 Å². The minimum atomic E-state index is 0.200. The number of hydrogen-bond acceptors (Lipinski definition) is 2. The Morgan fingerprint density at radius 1 is 1.05 bits per heavy atom. The Hall–Kier alpha value is -1.32. The van der Waals surface area contributed by atoms with E-state index in [2.05, 4.69) is 40.2 Å². The van der Waals surface area contributed by atoms with Gasteiger partial charge in [0.2, 0.25) is 0 Å². The lowest BCUT2D eigenvalue weighted by Gasteiger charge is -2.26. The van der Waals surface area contributed by atoms with E-state index in [0.717, 1.165) is 25.2 Å². The lowest BCUT2D eigenvalue weighted by atomic mass is 10.0. The summed E-state index contributed by atoms with van der Waals surface area (Å²) in [4.78, 5) is 0.560. The van der Waals surface area contributed by atoms with E-state index < -0.39 is 0 Å². The van der Waals surface area contributed by atoms with Crippen LogP contribution >= 0.6 is 15.9 Å². The lowest BCUT2D eigenvalue weighted by molar-refractivity contribution is 0.0187. The van der Waals surface area contributed by atoms with Gasteiger partial charge in [-0.3, -0.25) is 0 Å². The van der Waals surface area contributed by atoms with Crippen molar-refractivity contribution in [3.05, 3.63) is 65.7 Å². The maximum Gasteiger partial charge on any atom is 0.119 e. The van der Waals surface area contributed by atoms with E-state index in [0.29, 0.717) is 11.4 Å². The van der Waals surface area contributed by atoms with Gasteiger partial charge >= 0.3 is 0 Å². The van der Waals surface area contributed by atoms with Crippen molar-refractivity contribution in [2.45, 2.75) is 30.4 Å². The van der Waals surface area contributed by atoms with Crippen molar-refractivity contribution in [2.75, 3.05) is 6.61 Å². The molecule has 0 radical (unpaired) electrons. The molecule has 0 saturated carbocycles. The highest BCUT2D eigenvalue weighted by Gasteiger charge is 2.21. The van der Waals surface area contributed by atoms with Gasteiger partial charge in [0, 0.05) is 11.4 Å². The molecule has 1 aliphatic heterocycles. The summed E-state index contributed by atoms with van der Waals surface area (Å²) in [5.74, 6) is 0.897. The van der Waals surface area contributed by atoms with Crippen LogP contribution < -0.4 is 4.74 Å². The molecule has 1 saturated heterocycles. The molecule has 3 heteroatoms. The fraction of sp³-hybridized carbons (Fsp3) is 0.333. The van der Waals surface area contributed by atoms with Crippen LogP contribution in [0.1, 0.15) is 30.1 Å². The summed E-state index contributed by atoms with van der Waals surface area (Å²) < 4.78 is 11.6. The fourth-order valence-electron chi connectivity index (χ4n) is 2.51. The smallest absolute Gasteiger partial charge is 0.119 e. The molecule has 2 aromatic rings. The molecule has 0 bridgehead atoms. The zero-order chi connectivity index (χ0) is 14.5. The van der Waals surface area contributed by atoms with Gasteiger partial charge < -0.3 is 9.47 Å². The van der Waals surface area contributed by atoms with Crippen LogP contribution in [0.3, 0.4) is 0 Å². The molecule has 3 rings (SSSR count). The van der Waals surface area contributed by atoms with Crippen LogP contribution in [-0.4, -0.2) is 11.4 Å². The summed E-state index contributed by atoms with van der Waals surface area (Å²) in [6.45, 7) is 1.43. The van der Waals surface area contributed by atoms with E-state index in [9.17, 15) is 0 Å². The Morgan fingerprint density at radius 2 is 1.81 bits per heavy atom. The highest BCUT2D eigenvalue weighted by Crippen LogP contribution is 2.32. The van der Waals surface area contributed by atoms with Crippen molar-refractivity contribution >= 4 is 15.9 Å². The Balaban J connectivity index is 1.59. The number of hydrogen-bond donors (Lipinski definition) is 0. The summed E-state index contributed by atoms with van der Waals surface area (Å²) >= 11 is 3.69. The maximum absolute atomic E-state index is 5.83. The molecule has 1 fully saturated rings. The van der Waals surface area contributed by atoms with Crippen LogP contribution in [0, 0.1) is 0 Å². The second-order valence-electron chi connectivity index (χ2n) is 5.32. The summed E-state index contributed by atoms with van der Waals surface area (Å²) in [5.41, 5.74) is 2.41. The molecule has 0 spiro atoms. The van der Waals surface area contributed by atoms with Crippen LogP contribution in [0.2, 0.25) is 0 Å². The molecule has 0 aliphatic carbocycles. The first kappa shape index (κ1) is 14.6. The molecular weight excluding hydrogens is 328 g/mol. The van der Waals surface area contributed by atoms with Crippen molar-refractivity contribution in [2.24, 2.45) is 0 Å². The normalized spacial score (nSPS) is 22.0. The monoisotopic (exact) mass is 346 g/mol. The van der Waals surface area contributed by atoms with E-state index in [1.807, 2.05) is 30.3 Å². The molecule has 1 heterocycles. The average Bonchev–Trinajstić information content (AvgIpc) is 2.54. The topological polar surface area (TPSA) is 18.5 Å². The minimum Gasteiger partial charge on any atom is -0.489 e. The molecule has 110 valence electrons. The summed E-state index contributed by atoms with van der Waals surface area (Å²) in [6.07, 6.45) is 2.32. The maximum atomic E-state index is 5.83. The van der Waals surface area contributed by atoms with Crippen molar-refractivity contribution in [3.8, 4) is 5.75 Å². The average molecular weight is 347 g/mol. The van der Waals surface area contributed by atoms with Gasteiger partial charge in [-0.25, -0.2) is 0 Å². The molecule has 2 nitrogen and oxygen atoms in total. The Kier molecular flexibility index (Phi) is 4.94. The van der Waals surface area contributed by atoms with Crippen LogP contribution in [0.25, 0.3) is 0 Å². The third kappa shape index (κ3) is 4.08. The number of ether oxygens (including phenoxy) is 2. The summed E-state index contributed by atoms with van der Waals surface area (Å²) in [5, 5.41) is 0. The van der Waals surface area contributed by atoms with E-state index in [1.165, 1.54) is 11.1 Å². The number of alkyl halides is 1. The number of halogens is 1. The standard InChI is InChI=1S/C18H19BrO2/c19-16-10-11-20-18(12-16)15-6-8-17(9-7-15)21-13-14-4-2-1-3-5-14/h1-9,16,18H,10-13H2/t16-,18+/m0/s1. The van der Waals surface area contributed by atoms with E-state index in [-0.39, 0.29) is 6.10 Å². The van der Waals surface area contributed by atoms with E-state index in [1.54, 1.807) is 0 Å². The number of benzene rings is 2. The zero-order valence-electron chi connectivity index (χ0n) is 11.9. The van der Waals surface area contributed by atoms with Gasteiger partial charge in [-0.2, -0.15) is 0 Å². The third-order valence-electron chi connectivity index (χ3n) is 3.72. The van der Waals surface area contributed by atoms with Crippen LogP contribution in [0.4, 0.5) is 0 Å². The first-order chi connectivity index (χ1) is 10.3. The molecule has 21 heavy (non-hydrogen) atoms. The fourth-order valence-corrected chi connectivity index (χ4v) is 3.03. The highest BCUT2D eigenvalue weighted by atomic mass is 79.9. The summed E-state index contributed by atoms with van der Waals surface area (Å²) in [6, 6.07) is 18.5. The Bertz CT molecular complexity index is 553. The van der Waals surface area contributed by atoms with Crippen LogP contribution in [0.15, 0.2) is 54.6 Å². The van der Waals surface area contributed by atoms with E-state index in [4.69, 9.17) is 9.47 Å². The highest BCUT2D eigenvalue weighted by molar-refractivity contribution is 9.09. The first-order valence-electron chi connectivity index (χ1n) is 7.33. The third-order valence-corrected chi connectivity index (χ3v) is 4.55. The van der Waals surface area contributed by atoms with Crippen LogP contribution in [0.5, 0.6) is 5.75 Å². The molecule has 1 aliphatic rings. The second-order valence-corrected chi connectivity index (χ2v) is 6.62. The van der Waals surface area contributed by atoms with Gasteiger partial charge in [-0.05, 0) is 36.1 Å². The van der Waals surface area contributed by atoms with E-state index >= 15 is 0 Å². The first-order valence-corrected chi connectivity index (χ1v) is 8.25. The van der Waals surface area contributed by atoms with Gasteiger partial charge in [0.1, 0.15) is 12.4 Å². The Morgan fingerprint density at radius 3 is 2.52 bits per heavy atom. The molecule has 2 aromatic carbocycles. The van der Waals surface area contributed by atoms with Crippen molar-refractivity contribution < 1.29 is 9.47 Å². The molecule has 0 unspecified atom stereocenters. The zero-order valence-corrected chi connectivity index (χ0v) is 13.5. The van der Waals surface area contributed by atoms with Gasteiger partial charge in [0.05, 0.1) is 6.10 Å². The quantitative estimate of drug-likeness (QED) is 0.734. The molecule has 0 aromatic heterocycles. The van der Waals surface area contributed by atoms with Gasteiger partial charge in [-0.15, -0.1) is 0 Å². The summed E-state index contributed by atoms with van der Waals surface area (Å²) in [7, 11) is 0. The van der Waals surface area contributed by atoms with Gasteiger partial charge in [-0.1, -0.05) is 58.4 Å². The van der Waals surface area contributed by atoms with Crippen molar-refractivity contribution in [1.29, 1.82) is 0 Å². The Labute approximate surface area is 134 Å². The predicted molar refractivity (Wildman–Crippen MR) is 87.9 cm³/mol. The minimum absolute atomic E-state index is 0.200. The lowest BCUT2D eigenvalue weighted by Crippen LogP contribution is -2.19. The largest absolute Gasteiger partial charge is 0.489 e. The molecule has 0 amide bonds. The SMILES string of the molecule is Br[C@H]1CCO[C@@H](c2ccc(OCc3ccccc3)cc2)C1.